The zero-order valence-corrected chi connectivity index (χ0v) is 12.9. The second kappa shape index (κ2) is 6.04. The number of carbonyl (C=O) groups is 1. The summed E-state index contributed by atoms with van der Waals surface area (Å²) >= 11 is 6.03. The predicted octanol–water partition coefficient (Wildman–Crippen LogP) is 3.82. The maximum atomic E-state index is 12.2. The zero-order chi connectivity index (χ0) is 14.8. The van der Waals surface area contributed by atoms with E-state index < -0.39 is 5.54 Å². The van der Waals surface area contributed by atoms with E-state index in [1.165, 1.54) is 0 Å². The first-order valence-electron chi connectivity index (χ1n) is 7.29. The quantitative estimate of drug-likeness (QED) is 0.887. The zero-order valence-electron chi connectivity index (χ0n) is 12.2. The van der Waals surface area contributed by atoms with Gasteiger partial charge in [-0.1, -0.05) is 44.4 Å². The summed E-state index contributed by atoms with van der Waals surface area (Å²) < 4.78 is 0. The van der Waals surface area contributed by atoms with Gasteiger partial charge in [-0.15, -0.1) is 0 Å². The average Bonchev–Trinajstić information content (AvgIpc) is 2.38. The van der Waals surface area contributed by atoms with Gasteiger partial charge in [-0.2, -0.15) is 0 Å². The molecule has 3 nitrogen and oxygen atoms in total. The minimum absolute atomic E-state index is 0.254. The van der Waals surface area contributed by atoms with E-state index in [-0.39, 0.29) is 11.8 Å². The standard InChI is InChI=1S/C16H23ClN2O/c1-11(2)14-8-3-4-9-16(14,15(18)20)19-13-7-5-6-12(17)10-13/h5-7,10-11,14,19H,3-4,8-9H2,1-2H3,(H2,18,20). The summed E-state index contributed by atoms with van der Waals surface area (Å²) in [6.45, 7) is 4.32. The van der Waals surface area contributed by atoms with Crippen LogP contribution in [-0.2, 0) is 4.79 Å². The maximum Gasteiger partial charge on any atom is 0.243 e. The molecule has 0 aromatic heterocycles. The Morgan fingerprint density at radius 3 is 2.80 bits per heavy atom. The summed E-state index contributed by atoms with van der Waals surface area (Å²) in [4.78, 5) is 12.2. The molecule has 1 saturated carbocycles. The van der Waals surface area contributed by atoms with Crippen LogP contribution >= 0.6 is 11.6 Å². The van der Waals surface area contributed by atoms with Gasteiger partial charge in [0, 0.05) is 10.7 Å². The highest BCUT2D eigenvalue weighted by molar-refractivity contribution is 6.30. The van der Waals surface area contributed by atoms with Crippen LogP contribution in [0.25, 0.3) is 0 Å². The lowest BCUT2D eigenvalue weighted by molar-refractivity contribution is -0.126. The molecule has 4 heteroatoms. The van der Waals surface area contributed by atoms with E-state index >= 15 is 0 Å². The van der Waals surface area contributed by atoms with Crippen molar-refractivity contribution in [2.24, 2.45) is 17.6 Å². The number of carbonyl (C=O) groups excluding carboxylic acids is 1. The van der Waals surface area contributed by atoms with Gasteiger partial charge in [0.2, 0.25) is 5.91 Å². The highest BCUT2D eigenvalue weighted by Gasteiger charge is 2.46. The molecule has 2 atom stereocenters. The molecule has 0 spiro atoms. The van der Waals surface area contributed by atoms with Crippen LogP contribution in [0.5, 0.6) is 0 Å². The summed E-state index contributed by atoms with van der Waals surface area (Å²) in [5, 5.41) is 4.07. The van der Waals surface area contributed by atoms with Crippen LogP contribution in [-0.4, -0.2) is 11.4 Å². The topological polar surface area (TPSA) is 55.1 Å². The van der Waals surface area contributed by atoms with Crippen LogP contribution in [0.1, 0.15) is 39.5 Å². The lowest BCUT2D eigenvalue weighted by Crippen LogP contribution is -2.58. The number of hydrogen-bond acceptors (Lipinski definition) is 2. The lowest BCUT2D eigenvalue weighted by Gasteiger charge is -2.45. The Morgan fingerprint density at radius 1 is 1.45 bits per heavy atom. The molecule has 1 aliphatic carbocycles. The summed E-state index contributed by atoms with van der Waals surface area (Å²) in [5.41, 5.74) is 5.99. The summed E-state index contributed by atoms with van der Waals surface area (Å²) in [5.74, 6) is 0.415. The van der Waals surface area contributed by atoms with Crippen molar-refractivity contribution in [2.75, 3.05) is 5.32 Å². The fraction of sp³-hybridized carbons (Fsp3) is 0.562. The molecule has 1 aromatic carbocycles. The molecule has 110 valence electrons. The normalized spacial score (nSPS) is 26.5. The van der Waals surface area contributed by atoms with E-state index in [2.05, 4.69) is 19.2 Å². The van der Waals surface area contributed by atoms with Crippen molar-refractivity contribution in [3.63, 3.8) is 0 Å². The van der Waals surface area contributed by atoms with Gasteiger partial charge in [-0.25, -0.2) is 0 Å². The number of nitrogens with two attached hydrogens (primary N) is 1. The Bertz CT molecular complexity index is 489. The fourth-order valence-corrected chi connectivity index (χ4v) is 3.64. The monoisotopic (exact) mass is 294 g/mol. The van der Waals surface area contributed by atoms with Gasteiger partial charge in [0.15, 0.2) is 0 Å². The molecular weight excluding hydrogens is 272 g/mol. The molecular formula is C16H23ClN2O. The smallest absolute Gasteiger partial charge is 0.243 e. The second-order valence-corrected chi connectivity index (χ2v) is 6.50. The van der Waals surface area contributed by atoms with Crippen molar-refractivity contribution in [2.45, 2.75) is 45.1 Å². The molecule has 3 N–H and O–H groups in total. The summed E-state index contributed by atoms with van der Waals surface area (Å²) in [6.07, 6.45) is 4.01. The molecule has 0 saturated heterocycles. The first-order valence-corrected chi connectivity index (χ1v) is 7.67. The van der Waals surface area contributed by atoms with Crippen molar-refractivity contribution >= 4 is 23.2 Å². The second-order valence-electron chi connectivity index (χ2n) is 6.07. The minimum atomic E-state index is -0.656. The Labute approximate surface area is 125 Å². The average molecular weight is 295 g/mol. The molecule has 1 amide bonds. The van der Waals surface area contributed by atoms with Crippen molar-refractivity contribution < 1.29 is 4.79 Å². The van der Waals surface area contributed by atoms with Gasteiger partial charge < -0.3 is 11.1 Å². The number of anilines is 1. The van der Waals surface area contributed by atoms with Gasteiger partial charge >= 0.3 is 0 Å². The number of halogens is 1. The number of nitrogens with one attached hydrogen (secondary N) is 1. The predicted molar refractivity (Wildman–Crippen MR) is 83.8 cm³/mol. The third-order valence-corrected chi connectivity index (χ3v) is 4.64. The Kier molecular flexibility index (Phi) is 4.59. The molecule has 1 fully saturated rings. The van der Waals surface area contributed by atoms with E-state index in [0.717, 1.165) is 31.4 Å². The lowest BCUT2D eigenvalue weighted by atomic mass is 9.67. The highest BCUT2D eigenvalue weighted by Crippen LogP contribution is 2.40. The molecule has 1 aromatic rings. The molecule has 0 heterocycles. The Morgan fingerprint density at radius 2 is 2.20 bits per heavy atom. The Balaban J connectivity index is 2.35. The van der Waals surface area contributed by atoms with Gasteiger partial charge in [0.05, 0.1) is 0 Å². The molecule has 0 bridgehead atoms. The number of primary amides is 1. The van der Waals surface area contributed by atoms with E-state index in [9.17, 15) is 4.79 Å². The van der Waals surface area contributed by atoms with Gasteiger partial charge in [0.1, 0.15) is 5.54 Å². The number of amides is 1. The van der Waals surface area contributed by atoms with Crippen molar-refractivity contribution in [1.82, 2.24) is 0 Å². The van der Waals surface area contributed by atoms with Crippen LogP contribution < -0.4 is 11.1 Å². The first kappa shape index (κ1) is 15.2. The van der Waals surface area contributed by atoms with Gasteiger partial charge in [-0.3, -0.25) is 4.79 Å². The van der Waals surface area contributed by atoms with Crippen molar-refractivity contribution in [3.05, 3.63) is 29.3 Å². The molecule has 2 unspecified atom stereocenters. The number of benzene rings is 1. The van der Waals surface area contributed by atoms with E-state index in [1.807, 2.05) is 24.3 Å². The van der Waals surface area contributed by atoms with Gasteiger partial charge in [0.25, 0.3) is 0 Å². The molecule has 0 radical (unpaired) electrons. The van der Waals surface area contributed by atoms with Crippen molar-refractivity contribution in [1.29, 1.82) is 0 Å². The SMILES string of the molecule is CC(C)C1CCCCC1(Nc1cccc(Cl)c1)C(N)=O. The van der Waals surface area contributed by atoms with Crippen LogP contribution in [0.15, 0.2) is 24.3 Å². The number of rotatable bonds is 4. The van der Waals surface area contributed by atoms with Crippen LogP contribution in [0.3, 0.4) is 0 Å². The number of hydrogen-bond donors (Lipinski definition) is 2. The van der Waals surface area contributed by atoms with E-state index in [0.29, 0.717) is 10.9 Å². The van der Waals surface area contributed by atoms with Crippen molar-refractivity contribution in [3.8, 4) is 0 Å². The summed E-state index contributed by atoms with van der Waals surface area (Å²) in [7, 11) is 0. The van der Waals surface area contributed by atoms with E-state index in [4.69, 9.17) is 17.3 Å². The minimum Gasteiger partial charge on any atom is -0.371 e. The summed E-state index contributed by atoms with van der Waals surface area (Å²) in [6, 6.07) is 7.48. The molecule has 20 heavy (non-hydrogen) atoms. The van der Waals surface area contributed by atoms with Crippen LogP contribution in [0.4, 0.5) is 5.69 Å². The highest BCUT2D eigenvalue weighted by atomic mass is 35.5. The Hall–Kier alpha value is -1.22. The third-order valence-electron chi connectivity index (χ3n) is 4.41. The van der Waals surface area contributed by atoms with E-state index in [1.54, 1.807) is 0 Å². The third kappa shape index (κ3) is 2.93. The fourth-order valence-electron chi connectivity index (χ4n) is 3.45. The molecule has 1 aliphatic rings. The van der Waals surface area contributed by atoms with Crippen LogP contribution in [0.2, 0.25) is 5.02 Å². The first-order chi connectivity index (χ1) is 9.45. The maximum absolute atomic E-state index is 12.2. The largest absolute Gasteiger partial charge is 0.371 e. The van der Waals surface area contributed by atoms with Gasteiger partial charge in [-0.05, 0) is 42.9 Å². The molecule has 0 aliphatic heterocycles. The molecule has 2 rings (SSSR count). The van der Waals surface area contributed by atoms with Crippen LogP contribution in [0, 0.1) is 11.8 Å².